The number of nitrogen functional groups attached to an aromatic ring is 1. The number of fused-ring (bicyclic) bond motifs is 2. The number of aromatic nitrogens is 5. The zero-order chi connectivity index (χ0) is 24.2. The third-order valence-electron chi connectivity index (χ3n) is 5.38. The fourth-order valence-electron chi connectivity index (χ4n) is 3.75. The van der Waals surface area contributed by atoms with E-state index in [0.29, 0.717) is 40.7 Å². The molecule has 0 atom stereocenters. The smallest absolute Gasteiger partial charge is 0.383 e. The number of rotatable bonds is 3. The van der Waals surface area contributed by atoms with Crippen molar-refractivity contribution in [1.82, 2.24) is 23.9 Å². The van der Waals surface area contributed by atoms with Crippen LogP contribution in [0.1, 0.15) is 16.1 Å². The standard InChI is InChI=1S/C22H15F4N7O/c1-32-9-13(18-19(27)29-10-30-20(18)32)11-4-5-33-16(8-28-17(33)6-11)21(34)31-15-7-12(22(24,25)26)2-3-14(15)23/h2-10H,1H3,(H,31,34)(H2,27,29,30). The second-order valence-electron chi connectivity index (χ2n) is 7.54. The average molecular weight is 469 g/mol. The van der Waals surface area contributed by atoms with Gasteiger partial charge in [0.1, 0.15) is 35.0 Å². The molecule has 0 aliphatic rings. The molecule has 0 fully saturated rings. The fourth-order valence-corrected chi connectivity index (χ4v) is 3.75. The van der Waals surface area contributed by atoms with E-state index in [0.717, 1.165) is 11.1 Å². The molecule has 0 saturated heterocycles. The predicted octanol–water partition coefficient (Wildman–Crippen LogP) is 4.28. The molecule has 0 radical (unpaired) electrons. The number of hydrogen-bond acceptors (Lipinski definition) is 5. The number of anilines is 2. The summed E-state index contributed by atoms with van der Waals surface area (Å²) in [7, 11) is 1.82. The minimum atomic E-state index is -4.68. The number of pyridine rings is 1. The van der Waals surface area contributed by atoms with Gasteiger partial charge in [0.05, 0.1) is 22.8 Å². The maximum absolute atomic E-state index is 14.0. The fraction of sp³-hybridized carbons (Fsp3) is 0.0909. The minimum Gasteiger partial charge on any atom is -0.383 e. The Hall–Kier alpha value is -4.48. The molecule has 0 aliphatic heterocycles. The summed E-state index contributed by atoms with van der Waals surface area (Å²) < 4.78 is 56.2. The zero-order valence-electron chi connectivity index (χ0n) is 17.4. The van der Waals surface area contributed by atoms with Crippen molar-refractivity contribution in [2.24, 2.45) is 7.05 Å². The van der Waals surface area contributed by atoms with Gasteiger partial charge in [0.25, 0.3) is 5.91 Å². The van der Waals surface area contributed by atoms with Crippen molar-refractivity contribution in [3.63, 3.8) is 0 Å². The quantitative estimate of drug-likeness (QED) is 0.384. The first-order valence-electron chi connectivity index (χ1n) is 9.84. The number of carbonyl (C=O) groups is 1. The van der Waals surface area contributed by atoms with E-state index in [4.69, 9.17) is 5.73 Å². The SMILES string of the molecule is Cn1cc(-c2ccn3c(C(=O)Nc4cc(C(F)(F)F)ccc4F)cnc3c2)c2c(N)ncnc21. The molecule has 1 aromatic carbocycles. The lowest BCUT2D eigenvalue weighted by Gasteiger charge is -2.11. The van der Waals surface area contributed by atoms with Crippen LogP contribution in [0.15, 0.2) is 55.2 Å². The molecule has 0 aliphatic carbocycles. The summed E-state index contributed by atoms with van der Waals surface area (Å²) in [6, 6.07) is 5.23. The van der Waals surface area contributed by atoms with Crippen molar-refractivity contribution < 1.29 is 22.4 Å². The van der Waals surface area contributed by atoms with E-state index in [1.54, 1.807) is 22.9 Å². The van der Waals surface area contributed by atoms with E-state index in [2.05, 4.69) is 20.3 Å². The highest BCUT2D eigenvalue weighted by Crippen LogP contribution is 2.33. The van der Waals surface area contributed by atoms with Crippen molar-refractivity contribution in [3.05, 3.63) is 72.3 Å². The summed E-state index contributed by atoms with van der Waals surface area (Å²) in [6.45, 7) is 0. The van der Waals surface area contributed by atoms with Crippen molar-refractivity contribution >= 4 is 34.1 Å². The number of nitrogens with zero attached hydrogens (tertiary/aromatic N) is 5. The van der Waals surface area contributed by atoms with Crippen molar-refractivity contribution in [1.29, 1.82) is 0 Å². The van der Waals surface area contributed by atoms with Crippen LogP contribution in [0.25, 0.3) is 27.8 Å². The number of hydrogen-bond donors (Lipinski definition) is 2. The zero-order valence-corrected chi connectivity index (χ0v) is 17.4. The van der Waals surface area contributed by atoms with Gasteiger partial charge in [-0.25, -0.2) is 19.3 Å². The summed E-state index contributed by atoms with van der Waals surface area (Å²) in [6.07, 6.45) is 1.36. The topological polar surface area (TPSA) is 103 Å². The largest absolute Gasteiger partial charge is 0.416 e. The summed E-state index contributed by atoms with van der Waals surface area (Å²) >= 11 is 0. The number of alkyl halides is 3. The van der Waals surface area contributed by atoms with Gasteiger partial charge in [-0.2, -0.15) is 13.2 Å². The van der Waals surface area contributed by atoms with Crippen LogP contribution in [0.2, 0.25) is 0 Å². The van der Waals surface area contributed by atoms with E-state index in [1.807, 2.05) is 13.2 Å². The molecule has 0 unspecified atom stereocenters. The Kier molecular flexibility index (Phi) is 4.74. The molecule has 5 rings (SSSR count). The molecule has 4 heterocycles. The lowest BCUT2D eigenvalue weighted by atomic mass is 10.1. The average Bonchev–Trinajstić information content (AvgIpc) is 3.36. The van der Waals surface area contributed by atoms with Gasteiger partial charge in [-0.3, -0.25) is 9.20 Å². The van der Waals surface area contributed by atoms with Crippen LogP contribution in [0.5, 0.6) is 0 Å². The molecular weight excluding hydrogens is 454 g/mol. The van der Waals surface area contributed by atoms with E-state index in [1.165, 1.54) is 16.9 Å². The third-order valence-corrected chi connectivity index (χ3v) is 5.38. The summed E-state index contributed by atoms with van der Waals surface area (Å²) in [4.78, 5) is 25.2. The second-order valence-corrected chi connectivity index (χ2v) is 7.54. The van der Waals surface area contributed by atoms with Gasteiger partial charge in [0.15, 0.2) is 0 Å². The number of halogens is 4. The lowest BCUT2D eigenvalue weighted by molar-refractivity contribution is -0.137. The molecule has 4 aromatic heterocycles. The molecule has 8 nitrogen and oxygen atoms in total. The van der Waals surface area contributed by atoms with Gasteiger partial charge in [-0.15, -0.1) is 0 Å². The van der Waals surface area contributed by atoms with Gasteiger partial charge in [-0.05, 0) is 35.9 Å². The van der Waals surface area contributed by atoms with Gasteiger partial charge in [-0.1, -0.05) is 0 Å². The molecule has 5 aromatic rings. The van der Waals surface area contributed by atoms with E-state index < -0.39 is 29.2 Å². The van der Waals surface area contributed by atoms with Crippen LogP contribution in [-0.2, 0) is 13.2 Å². The monoisotopic (exact) mass is 469 g/mol. The molecule has 34 heavy (non-hydrogen) atoms. The second kappa shape index (κ2) is 7.54. The Morgan fingerprint density at radius 1 is 1.12 bits per heavy atom. The van der Waals surface area contributed by atoms with Crippen LogP contribution in [-0.4, -0.2) is 29.8 Å². The highest BCUT2D eigenvalue weighted by Gasteiger charge is 2.31. The number of nitrogens with two attached hydrogens (primary N) is 1. The van der Waals surface area contributed by atoms with Crippen LogP contribution < -0.4 is 11.1 Å². The highest BCUT2D eigenvalue weighted by molar-refractivity contribution is 6.04. The lowest BCUT2D eigenvalue weighted by Crippen LogP contribution is -2.16. The highest BCUT2D eigenvalue weighted by atomic mass is 19.4. The first-order valence-corrected chi connectivity index (χ1v) is 9.84. The maximum Gasteiger partial charge on any atom is 0.416 e. The number of benzene rings is 1. The van der Waals surface area contributed by atoms with Crippen LogP contribution in [0.4, 0.5) is 29.1 Å². The first kappa shape index (κ1) is 21.4. The molecule has 172 valence electrons. The first-order chi connectivity index (χ1) is 16.1. The van der Waals surface area contributed by atoms with Crippen molar-refractivity contribution in [3.8, 4) is 11.1 Å². The summed E-state index contributed by atoms with van der Waals surface area (Å²) in [5.41, 5.74) is 6.93. The van der Waals surface area contributed by atoms with E-state index in [9.17, 15) is 22.4 Å². The number of aryl methyl sites for hydroxylation is 1. The number of carbonyl (C=O) groups excluding carboxylic acids is 1. The van der Waals surface area contributed by atoms with Crippen molar-refractivity contribution in [2.75, 3.05) is 11.1 Å². The molecule has 3 N–H and O–H groups in total. The molecule has 12 heteroatoms. The third kappa shape index (κ3) is 3.49. The van der Waals surface area contributed by atoms with Crippen LogP contribution in [0.3, 0.4) is 0 Å². The van der Waals surface area contributed by atoms with E-state index >= 15 is 0 Å². The number of amides is 1. The molecular formula is C22H15F4N7O. The molecule has 0 saturated carbocycles. The Bertz CT molecular complexity index is 1590. The van der Waals surface area contributed by atoms with Crippen LogP contribution in [0, 0.1) is 5.82 Å². The Morgan fingerprint density at radius 2 is 1.91 bits per heavy atom. The number of imidazole rings is 1. The van der Waals surface area contributed by atoms with E-state index in [-0.39, 0.29) is 5.69 Å². The predicted molar refractivity (Wildman–Crippen MR) is 116 cm³/mol. The number of nitrogens with one attached hydrogen (secondary N) is 1. The van der Waals surface area contributed by atoms with Gasteiger partial charge in [0.2, 0.25) is 0 Å². The van der Waals surface area contributed by atoms with Gasteiger partial charge >= 0.3 is 6.18 Å². The Labute approximate surface area is 188 Å². The molecule has 0 spiro atoms. The van der Waals surface area contributed by atoms with Gasteiger partial charge < -0.3 is 15.6 Å². The normalized spacial score (nSPS) is 11.9. The summed E-state index contributed by atoms with van der Waals surface area (Å²) in [5, 5.41) is 2.85. The Morgan fingerprint density at radius 3 is 2.68 bits per heavy atom. The molecule has 0 bridgehead atoms. The minimum absolute atomic E-state index is 0.0131. The van der Waals surface area contributed by atoms with Crippen LogP contribution >= 0.6 is 0 Å². The maximum atomic E-state index is 14.0. The molecule has 1 amide bonds. The Balaban J connectivity index is 1.51. The van der Waals surface area contributed by atoms with Gasteiger partial charge in [0, 0.05) is 25.0 Å². The summed E-state index contributed by atoms with van der Waals surface area (Å²) in [5.74, 6) is -1.50. The van der Waals surface area contributed by atoms with Crippen molar-refractivity contribution in [2.45, 2.75) is 6.18 Å².